The number of aryl methyl sites for hydroxylation is 1. The SMILES string of the molecule is Cc1cccc(N(c2ccccc2)c2ccc(N)cc2)c1. The van der Waals surface area contributed by atoms with Crippen LogP contribution < -0.4 is 10.6 Å². The average Bonchev–Trinajstić information content (AvgIpc) is 2.51. The molecular weight excluding hydrogens is 256 g/mol. The molecule has 2 heteroatoms. The summed E-state index contributed by atoms with van der Waals surface area (Å²) in [6.45, 7) is 2.11. The highest BCUT2D eigenvalue weighted by molar-refractivity contribution is 5.77. The van der Waals surface area contributed by atoms with E-state index in [-0.39, 0.29) is 0 Å². The van der Waals surface area contributed by atoms with Crippen LogP contribution in [0, 0.1) is 6.92 Å². The van der Waals surface area contributed by atoms with Gasteiger partial charge in [-0.1, -0.05) is 30.3 Å². The van der Waals surface area contributed by atoms with Crippen molar-refractivity contribution in [2.45, 2.75) is 6.92 Å². The van der Waals surface area contributed by atoms with Crippen molar-refractivity contribution in [3.05, 3.63) is 84.4 Å². The number of nitrogen functional groups attached to an aromatic ring is 1. The first-order valence-electron chi connectivity index (χ1n) is 7.01. The van der Waals surface area contributed by atoms with Gasteiger partial charge in [0.15, 0.2) is 0 Å². The molecule has 0 bridgehead atoms. The van der Waals surface area contributed by atoms with Gasteiger partial charge in [0.2, 0.25) is 0 Å². The fourth-order valence-corrected chi connectivity index (χ4v) is 2.41. The molecular formula is C19H18N2. The van der Waals surface area contributed by atoms with Gasteiger partial charge in [-0.3, -0.25) is 0 Å². The van der Waals surface area contributed by atoms with Gasteiger partial charge in [0.25, 0.3) is 0 Å². The fraction of sp³-hybridized carbons (Fsp3) is 0.0526. The molecule has 0 aliphatic carbocycles. The molecule has 3 aromatic carbocycles. The highest BCUT2D eigenvalue weighted by Crippen LogP contribution is 2.34. The maximum absolute atomic E-state index is 5.81. The number of anilines is 4. The summed E-state index contributed by atoms with van der Waals surface area (Å²) in [6.07, 6.45) is 0. The van der Waals surface area contributed by atoms with Crippen molar-refractivity contribution in [1.29, 1.82) is 0 Å². The molecule has 0 heterocycles. The third-order valence-electron chi connectivity index (χ3n) is 3.43. The van der Waals surface area contributed by atoms with Gasteiger partial charge in [-0.15, -0.1) is 0 Å². The first-order chi connectivity index (χ1) is 10.2. The summed E-state index contributed by atoms with van der Waals surface area (Å²) in [5, 5.41) is 0. The Bertz CT molecular complexity index is 718. The van der Waals surface area contributed by atoms with Crippen LogP contribution in [-0.2, 0) is 0 Å². The number of hydrogen-bond donors (Lipinski definition) is 1. The monoisotopic (exact) mass is 274 g/mol. The number of rotatable bonds is 3. The molecule has 0 spiro atoms. The highest BCUT2D eigenvalue weighted by Gasteiger charge is 2.11. The molecule has 0 aromatic heterocycles. The van der Waals surface area contributed by atoms with Crippen molar-refractivity contribution in [1.82, 2.24) is 0 Å². The molecule has 0 radical (unpaired) electrons. The lowest BCUT2D eigenvalue weighted by molar-refractivity contribution is 1.27. The Labute approximate surface area is 125 Å². The molecule has 21 heavy (non-hydrogen) atoms. The standard InChI is InChI=1S/C19H18N2/c1-15-6-5-9-19(14-15)21(17-7-3-2-4-8-17)18-12-10-16(20)11-13-18/h2-14H,20H2,1H3. The van der Waals surface area contributed by atoms with E-state index >= 15 is 0 Å². The molecule has 0 atom stereocenters. The van der Waals surface area contributed by atoms with Crippen LogP contribution in [-0.4, -0.2) is 0 Å². The van der Waals surface area contributed by atoms with E-state index in [1.807, 2.05) is 30.3 Å². The lowest BCUT2D eigenvalue weighted by Crippen LogP contribution is -2.09. The van der Waals surface area contributed by atoms with E-state index in [9.17, 15) is 0 Å². The Morgan fingerprint density at radius 1 is 0.667 bits per heavy atom. The van der Waals surface area contributed by atoms with Crippen LogP contribution in [0.4, 0.5) is 22.7 Å². The normalized spacial score (nSPS) is 10.3. The lowest BCUT2D eigenvalue weighted by atomic mass is 10.1. The summed E-state index contributed by atoms with van der Waals surface area (Å²) in [7, 11) is 0. The van der Waals surface area contributed by atoms with E-state index in [4.69, 9.17) is 5.73 Å². The lowest BCUT2D eigenvalue weighted by Gasteiger charge is -2.25. The molecule has 0 amide bonds. The van der Waals surface area contributed by atoms with E-state index in [0.717, 1.165) is 22.7 Å². The van der Waals surface area contributed by atoms with Gasteiger partial charge in [0.05, 0.1) is 0 Å². The molecule has 3 rings (SSSR count). The number of hydrogen-bond acceptors (Lipinski definition) is 2. The Balaban J connectivity index is 2.13. The molecule has 0 saturated heterocycles. The van der Waals surface area contributed by atoms with E-state index < -0.39 is 0 Å². The fourth-order valence-electron chi connectivity index (χ4n) is 2.41. The largest absolute Gasteiger partial charge is 0.399 e. The summed E-state index contributed by atoms with van der Waals surface area (Å²) in [6, 6.07) is 26.8. The van der Waals surface area contributed by atoms with Gasteiger partial charge in [-0.2, -0.15) is 0 Å². The highest BCUT2D eigenvalue weighted by atomic mass is 15.1. The zero-order valence-corrected chi connectivity index (χ0v) is 12.0. The van der Waals surface area contributed by atoms with E-state index in [1.54, 1.807) is 0 Å². The Kier molecular flexibility index (Phi) is 3.61. The molecule has 0 aliphatic heterocycles. The average molecular weight is 274 g/mol. The minimum Gasteiger partial charge on any atom is -0.399 e. The van der Waals surface area contributed by atoms with Crippen LogP contribution in [0.25, 0.3) is 0 Å². The summed E-state index contributed by atoms with van der Waals surface area (Å²) >= 11 is 0. The summed E-state index contributed by atoms with van der Waals surface area (Å²) in [4.78, 5) is 2.23. The number of nitrogens with zero attached hydrogens (tertiary/aromatic N) is 1. The predicted molar refractivity (Wildman–Crippen MR) is 90.3 cm³/mol. The quantitative estimate of drug-likeness (QED) is 0.677. The van der Waals surface area contributed by atoms with Crippen LogP contribution >= 0.6 is 0 Å². The topological polar surface area (TPSA) is 29.3 Å². The second kappa shape index (κ2) is 5.71. The van der Waals surface area contributed by atoms with Gasteiger partial charge in [-0.05, 0) is 61.0 Å². The summed E-state index contributed by atoms with van der Waals surface area (Å²) in [5.41, 5.74) is 11.2. The smallest absolute Gasteiger partial charge is 0.0464 e. The number of para-hydroxylation sites is 1. The van der Waals surface area contributed by atoms with E-state index in [0.29, 0.717) is 0 Å². The van der Waals surface area contributed by atoms with E-state index in [1.165, 1.54) is 5.56 Å². The van der Waals surface area contributed by atoms with Crippen LogP contribution in [0.3, 0.4) is 0 Å². The molecule has 0 fully saturated rings. The Hall–Kier alpha value is -2.74. The first kappa shape index (κ1) is 13.3. The van der Waals surface area contributed by atoms with Gasteiger partial charge < -0.3 is 10.6 Å². The van der Waals surface area contributed by atoms with Gasteiger partial charge in [-0.25, -0.2) is 0 Å². The molecule has 2 N–H and O–H groups in total. The van der Waals surface area contributed by atoms with Crippen molar-refractivity contribution in [3.63, 3.8) is 0 Å². The van der Waals surface area contributed by atoms with Gasteiger partial charge in [0.1, 0.15) is 0 Å². The van der Waals surface area contributed by atoms with Crippen molar-refractivity contribution >= 4 is 22.7 Å². The second-order valence-electron chi connectivity index (χ2n) is 5.10. The van der Waals surface area contributed by atoms with Gasteiger partial charge >= 0.3 is 0 Å². The van der Waals surface area contributed by atoms with Crippen LogP contribution in [0.5, 0.6) is 0 Å². The maximum atomic E-state index is 5.81. The molecule has 3 aromatic rings. The van der Waals surface area contributed by atoms with Crippen LogP contribution in [0.2, 0.25) is 0 Å². The minimum atomic E-state index is 0.774. The van der Waals surface area contributed by atoms with E-state index in [2.05, 4.69) is 60.4 Å². The molecule has 0 unspecified atom stereocenters. The number of benzene rings is 3. The minimum absolute atomic E-state index is 0.774. The van der Waals surface area contributed by atoms with Crippen molar-refractivity contribution in [3.8, 4) is 0 Å². The van der Waals surface area contributed by atoms with Gasteiger partial charge in [0, 0.05) is 22.7 Å². The molecule has 0 aliphatic rings. The predicted octanol–water partition coefficient (Wildman–Crippen LogP) is 5.05. The third kappa shape index (κ3) is 2.90. The first-order valence-corrected chi connectivity index (χ1v) is 7.01. The molecule has 104 valence electrons. The number of nitrogens with two attached hydrogens (primary N) is 1. The summed E-state index contributed by atoms with van der Waals surface area (Å²) in [5.74, 6) is 0. The second-order valence-corrected chi connectivity index (χ2v) is 5.10. The maximum Gasteiger partial charge on any atom is 0.0464 e. The summed E-state index contributed by atoms with van der Waals surface area (Å²) < 4.78 is 0. The van der Waals surface area contributed by atoms with Crippen LogP contribution in [0.15, 0.2) is 78.9 Å². The molecule has 0 saturated carbocycles. The van der Waals surface area contributed by atoms with Crippen LogP contribution in [0.1, 0.15) is 5.56 Å². The van der Waals surface area contributed by atoms with Crippen molar-refractivity contribution in [2.75, 3.05) is 10.6 Å². The Morgan fingerprint density at radius 3 is 1.95 bits per heavy atom. The van der Waals surface area contributed by atoms with Crippen molar-refractivity contribution in [2.24, 2.45) is 0 Å². The van der Waals surface area contributed by atoms with Crippen molar-refractivity contribution < 1.29 is 0 Å². The zero-order valence-electron chi connectivity index (χ0n) is 12.0. The third-order valence-corrected chi connectivity index (χ3v) is 3.43. The molecule has 2 nitrogen and oxygen atoms in total. The Morgan fingerprint density at radius 2 is 1.29 bits per heavy atom. The zero-order chi connectivity index (χ0) is 14.7.